The summed E-state index contributed by atoms with van der Waals surface area (Å²) in [5.41, 5.74) is 0.716. The summed E-state index contributed by atoms with van der Waals surface area (Å²) in [6.07, 6.45) is 1.30. The van der Waals surface area contributed by atoms with Crippen LogP contribution in [-0.2, 0) is 19.6 Å². The van der Waals surface area contributed by atoms with Crippen molar-refractivity contribution in [1.29, 1.82) is 0 Å². The molecule has 0 spiro atoms. The van der Waals surface area contributed by atoms with Crippen LogP contribution in [0.25, 0.3) is 0 Å². The maximum absolute atomic E-state index is 12.0. The molecule has 0 saturated carbocycles. The van der Waals surface area contributed by atoms with Gasteiger partial charge in [0, 0.05) is 6.20 Å². The molecule has 0 bridgehead atoms. The number of nitrogens with one attached hydrogen (secondary N) is 1. The summed E-state index contributed by atoms with van der Waals surface area (Å²) in [7, 11) is -2.08. The highest BCUT2D eigenvalue weighted by molar-refractivity contribution is 7.90. The molecule has 7 nitrogen and oxygen atoms in total. The third-order valence-electron chi connectivity index (χ3n) is 2.38. The molecule has 0 saturated heterocycles. The molecule has 2 rings (SSSR count). The molecule has 0 radical (unpaired) electrons. The van der Waals surface area contributed by atoms with Crippen LogP contribution in [0.3, 0.4) is 0 Å². The molecule has 0 amide bonds. The van der Waals surface area contributed by atoms with E-state index in [0.29, 0.717) is 5.46 Å². The zero-order valence-electron chi connectivity index (χ0n) is 10.5. The maximum Gasteiger partial charge on any atom is 0.313 e. The first kappa shape index (κ1) is 13.5. The van der Waals surface area contributed by atoms with Crippen molar-refractivity contribution < 1.29 is 17.9 Å². The molecule has 1 aliphatic rings. The molecule has 1 aromatic heterocycles. The van der Waals surface area contributed by atoms with Gasteiger partial charge in [-0.2, -0.15) is 8.42 Å². The van der Waals surface area contributed by atoms with Gasteiger partial charge >= 0.3 is 5.97 Å². The molecule has 2 heterocycles. The number of carbonyl (C=O) groups excluding carboxylic acids is 1. The Morgan fingerprint density at radius 2 is 2.26 bits per heavy atom. The first-order valence-electron chi connectivity index (χ1n) is 5.65. The van der Waals surface area contributed by atoms with Crippen LogP contribution < -0.4 is 10.8 Å². The minimum absolute atomic E-state index is 0.0140. The fourth-order valence-corrected chi connectivity index (χ4v) is 2.79. The highest BCUT2D eigenvalue weighted by Crippen LogP contribution is 2.24. The number of hydrogen-bond donors (Lipinski definition) is 1. The monoisotopic (exact) mass is 281 g/mol. The van der Waals surface area contributed by atoms with E-state index < -0.39 is 16.0 Å². The summed E-state index contributed by atoms with van der Waals surface area (Å²) < 4.78 is 32.2. The number of nitrogens with zero attached hydrogens (tertiary/aromatic N) is 2. The second-order valence-electron chi connectivity index (χ2n) is 3.98. The lowest BCUT2D eigenvalue weighted by molar-refractivity contribution is -0.141. The zero-order valence-corrected chi connectivity index (χ0v) is 11.3. The number of hydrogen-bond acceptors (Lipinski definition) is 6. The minimum atomic E-state index is -3.82. The Labute approximate surface area is 111 Å². The lowest BCUT2D eigenvalue weighted by atomic mass is 9.99. The second kappa shape index (κ2) is 5.00. The number of carbonyl (C=O) groups is 1. The molecule has 100 valence electrons. The summed E-state index contributed by atoms with van der Waals surface area (Å²) in [5.74, 6) is -0.346. The topological polar surface area (TPSA) is 97.7 Å². The predicted octanol–water partition coefficient (Wildman–Crippen LogP) is -1.19. The number of esters is 1. The SMILES string of the molecule is Bc1cnc2c(c1)S(=O)(=O)N=C(CC(=O)OCC)N2. The van der Waals surface area contributed by atoms with Gasteiger partial charge in [0.2, 0.25) is 0 Å². The number of sulfonamides is 1. The first-order chi connectivity index (χ1) is 8.92. The third kappa shape index (κ3) is 2.92. The van der Waals surface area contributed by atoms with Crippen LogP contribution >= 0.6 is 0 Å². The Bertz CT molecular complexity index is 657. The predicted molar refractivity (Wildman–Crippen MR) is 71.9 cm³/mol. The summed E-state index contributed by atoms with van der Waals surface area (Å²) >= 11 is 0. The highest BCUT2D eigenvalue weighted by atomic mass is 32.2. The summed E-state index contributed by atoms with van der Waals surface area (Å²) in [6.45, 7) is 1.90. The van der Waals surface area contributed by atoms with E-state index in [0.717, 1.165) is 0 Å². The van der Waals surface area contributed by atoms with Crippen LogP contribution in [0.4, 0.5) is 5.82 Å². The van der Waals surface area contributed by atoms with Crippen molar-refractivity contribution in [3.8, 4) is 0 Å². The van der Waals surface area contributed by atoms with Crippen LogP contribution in [-0.4, -0.2) is 39.7 Å². The van der Waals surface area contributed by atoms with Gasteiger partial charge in [-0.25, -0.2) is 4.98 Å². The van der Waals surface area contributed by atoms with Gasteiger partial charge in [0.15, 0.2) is 5.82 Å². The van der Waals surface area contributed by atoms with E-state index in [1.807, 2.05) is 0 Å². The van der Waals surface area contributed by atoms with Crippen molar-refractivity contribution in [2.24, 2.45) is 4.40 Å². The first-order valence-corrected chi connectivity index (χ1v) is 7.09. The van der Waals surface area contributed by atoms with Crippen molar-refractivity contribution in [2.45, 2.75) is 18.2 Å². The number of aromatic nitrogens is 1. The van der Waals surface area contributed by atoms with Crippen LogP contribution in [0.15, 0.2) is 21.6 Å². The fraction of sp³-hybridized carbons (Fsp3) is 0.300. The van der Waals surface area contributed by atoms with Gasteiger partial charge in [0.25, 0.3) is 10.0 Å². The molecule has 0 aromatic carbocycles. The normalized spacial score (nSPS) is 15.9. The molecule has 0 unspecified atom stereocenters. The van der Waals surface area contributed by atoms with E-state index in [4.69, 9.17) is 4.74 Å². The van der Waals surface area contributed by atoms with Crippen molar-refractivity contribution in [1.82, 2.24) is 4.98 Å². The number of fused-ring (bicyclic) bond motifs is 1. The average Bonchev–Trinajstić information content (AvgIpc) is 2.30. The van der Waals surface area contributed by atoms with E-state index >= 15 is 0 Å². The summed E-state index contributed by atoms with van der Waals surface area (Å²) in [6, 6.07) is 1.48. The van der Waals surface area contributed by atoms with E-state index in [-0.39, 0.29) is 29.6 Å². The van der Waals surface area contributed by atoms with E-state index in [2.05, 4.69) is 14.7 Å². The molecular weight excluding hydrogens is 269 g/mol. The molecule has 0 aliphatic carbocycles. The van der Waals surface area contributed by atoms with Gasteiger partial charge < -0.3 is 10.1 Å². The van der Waals surface area contributed by atoms with Gasteiger partial charge in [-0.15, -0.1) is 4.40 Å². The number of anilines is 1. The van der Waals surface area contributed by atoms with Crippen molar-refractivity contribution >= 4 is 41.0 Å². The molecule has 0 fully saturated rings. The zero-order chi connectivity index (χ0) is 14.0. The Morgan fingerprint density at radius 1 is 1.53 bits per heavy atom. The van der Waals surface area contributed by atoms with Crippen molar-refractivity contribution in [3.63, 3.8) is 0 Å². The van der Waals surface area contributed by atoms with Gasteiger partial charge in [0.05, 0.1) is 6.61 Å². The number of pyridine rings is 1. The van der Waals surface area contributed by atoms with Crippen LogP contribution in [0.1, 0.15) is 13.3 Å². The standard InChI is InChI=1S/C10H12BN3O4S/c1-2-18-9(15)4-8-13-10-7(19(16,17)14-8)3-6(11)5-12-10/h3,5H,2,4,11H2,1H3,(H,12,13,14). The molecule has 1 aliphatic heterocycles. The van der Waals surface area contributed by atoms with Crippen molar-refractivity contribution in [3.05, 3.63) is 12.3 Å². The quantitative estimate of drug-likeness (QED) is 0.552. The van der Waals surface area contributed by atoms with Gasteiger partial charge in [-0.05, 0) is 13.0 Å². The molecule has 9 heteroatoms. The number of amidine groups is 1. The lowest BCUT2D eigenvalue weighted by Crippen LogP contribution is -2.26. The lowest BCUT2D eigenvalue weighted by Gasteiger charge is -2.17. The van der Waals surface area contributed by atoms with Crippen molar-refractivity contribution in [2.75, 3.05) is 11.9 Å². The molecular formula is C10H12BN3O4S. The number of ether oxygens (including phenoxy) is 1. The number of rotatable bonds is 3. The second-order valence-corrected chi connectivity index (χ2v) is 5.55. The van der Waals surface area contributed by atoms with Gasteiger partial charge in [0.1, 0.15) is 25.0 Å². The van der Waals surface area contributed by atoms with E-state index in [1.54, 1.807) is 14.8 Å². The largest absolute Gasteiger partial charge is 0.466 e. The van der Waals surface area contributed by atoms with Gasteiger partial charge in [-0.3, -0.25) is 4.79 Å². The average molecular weight is 281 g/mol. The molecule has 19 heavy (non-hydrogen) atoms. The van der Waals surface area contributed by atoms with Crippen LogP contribution in [0.2, 0.25) is 0 Å². The minimum Gasteiger partial charge on any atom is -0.466 e. The molecule has 0 atom stereocenters. The fourth-order valence-electron chi connectivity index (χ4n) is 1.61. The molecule has 1 N–H and O–H groups in total. The van der Waals surface area contributed by atoms with Crippen LogP contribution in [0, 0.1) is 0 Å². The van der Waals surface area contributed by atoms with E-state index in [1.165, 1.54) is 12.3 Å². The Morgan fingerprint density at radius 3 is 2.95 bits per heavy atom. The van der Waals surface area contributed by atoms with Gasteiger partial charge in [-0.1, -0.05) is 5.46 Å². The molecule has 1 aromatic rings. The smallest absolute Gasteiger partial charge is 0.313 e. The maximum atomic E-state index is 12.0. The summed E-state index contributed by atoms with van der Waals surface area (Å²) in [5, 5.41) is 2.73. The Kier molecular flexibility index (Phi) is 3.56. The van der Waals surface area contributed by atoms with Crippen LogP contribution in [0.5, 0.6) is 0 Å². The third-order valence-corrected chi connectivity index (χ3v) is 3.71. The van der Waals surface area contributed by atoms with E-state index in [9.17, 15) is 13.2 Å². The highest BCUT2D eigenvalue weighted by Gasteiger charge is 2.27. The Hall–Kier alpha value is -1.90. The summed E-state index contributed by atoms with van der Waals surface area (Å²) in [4.78, 5) is 15.3. The Balaban J connectivity index is 2.32.